The number of anilines is 1. The largest absolute Gasteiger partial charge is 0.310 e. The smallest absolute Gasteiger partial charge is 0.166 e. The highest BCUT2D eigenvalue weighted by atomic mass is 32.1. The first kappa shape index (κ1) is 11.6. The lowest BCUT2D eigenvalue weighted by atomic mass is 10.1. The summed E-state index contributed by atoms with van der Waals surface area (Å²) in [5.41, 5.74) is 7.01. The number of aromatic nitrogens is 3. The number of nitrogens with one attached hydrogen (secondary N) is 1. The molecule has 4 rings (SSSR count). The normalized spacial score (nSPS) is 11.8. The zero-order chi connectivity index (χ0) is 13.9. The molecule has 0 unspecified atom stereocenters. The van der Waals surface area contributed by atoms with Crippen LogP contribution in [-0.4, -0.2) is 14.4 Å². The fourth-order valence-corrected chi connectivity index (χ4v) is 3.91. The van der Waals surface area contributed by atoms with Gasteiger partial charge in [0.25, 0.3) is 0 Å². The molecule has 3 N–H and O–H groups in total. The number of nitrogens with zero attached hydrogens (tertiary/aromatic N) is 3. The molecule has 0 aliphatic heterocycles. The van der Waals surface area contributed by atoms with Crippen molar-refractivity contribution in [2.24, 2.45) is 5.84 Å². The third-order valence-electron chi connectivity index (χ3n) is 3.53. The maximum absolute atomic E-state index is 5.58. The number of hydrazine groups is 1. The topological polar surface area (TPSA) is 68.2 Å². The Bertz CT molecular complexity index is 966. The Morgan fingerprint density at radius 2 is 2.10 bits per heavy atom. The molecule has 0 aromatic carbocycles. The van der Waals surface area contributed by atoms with E-state index in [0.717, 1.165) is 26.4 Å². The molecule has 5 nitrogen and oxygen atoms in total. The monoisotopic (exact) mass is 283 g/mol. The van der Waals surface area contributed by atoms with Gasteiger partial charge in [-0.25, -0.2) is 15.8 Å². The van der Waals surface area contributed by atoms with E-state index < -0.39 is 0 Å². The first-order valence-corrected chi connectivity index (χ1v) is 7.15. The molecular weight excluding hydrogens is 270 g/mol. The molecular formula is C14H13N5S. The number of pyridine rings is 1. The van der Waals surface area contributed by atoms with Crippen LogP contribution in [0.15, 0.2) is 24.4 Å². The van der Waals surface area contributed by atoms with Gasteiger partial charge in [-0.1, -0.05) is 11.3 Å². The minimum Gasteiger partial charge on any atom is -0.310 e. The Morgan fingerprint density at radius 3 is 2.90 bits per heavy atom. The van der Waals surface area contributed by atoms with E-state index in [2.05, 4.69) is 32.8 Å². The average Bonchev–Trinajstić information content (AvgIpc) is 2.99. The van der Waals surface area contributed by atoms with Crippen LogP contribution in [-0.2, 0) is 0 Å². The van der Waals surface area contributed by atoms with Crippen LogP contribution in [0.25, 0.3) is 26.1 Å². The standard InChI is InChI=1S/C14H13N5S/c1-7-6-8(2)16-13-10(7)11-14(20-13)17-12(18-15)9-4-3-5-19(9)11/h3-6H,15H2,1-2H3,(H,17,18). The number of nitrogens with two attached hydrogens (primary N) is 1. The van der Waals surface area contributed by atoms with Crippen molar-refractivity contribution in [1.29, 1.82) is 0 Å². The fraction of sp³-hybridized carbons (Fsp3) is 0.143. The van der Waals surface area contributed by atoms with Gasteiger partial charge >= 0.3 is 0 Å². The van der Waals surface area contributed by atoms with E-state index in [1.807, 2.05) is 25.3 Å². The van der Waals surface area contributed by atoms with Gasteiger partial charge < -0.3 is 9.83 Å². The Balaban J connectivity index is 2.32. The third-order valence-corrected chi connectivity index (χ3v) is 4.49. The van der Waals surface area contributed by atoms with Crippen molar-refractivity contribution in [3.8, 4) is 0 Å². The van der Waals surface area contributed by atoms with Gasteiger partial charge in [0, 0.05) is 17.3 Å². The second-order valence-electron chi connectivity index (χ2n) is 4.88. The molecule has 4 aromatic heterocycles. The van der Waals surface area contributed by atoms with E-state index in [4.69, 9.17) is 5.84 Å². The van der Waals surface area contributed by atoms with Gasteiger partial charge in [0.1, 0.15) is 9.66 Å². The number of fused-ring (bicyclic) bond motifs is 5. The highest BCUT2D eigenvalue weighted by Gasteiger charge is 2.15. The zero-order valence-corrected chi connectivity index (χ0v) is 12.0. The van der Waals surface area contributed by atoms with Crippen LogP contribution in [0.2, 0.25) is 0 Å². The van der Waals surface area contributed by atoms with Crippen LogP contribution in [0.4, 0.5) is 5.82 Å². The van der Waals surface area contributed by atoms with Crippen LogP contribution < -0.4 is 11.3 Å². The molecule has 0 fully saturated rings. The molecule has 0 atom stereocenters. The predicted octanol–water partition coefficient (Wildman–Crippen LogP) is 3.00. The van der Waals surface area contributed by atoms with Crippen LogP contribution in [0, 0.1) is 13.8 Å². The zero-order valence-electron chi connectivity index (χ0n) is 11.1. The van der Waals surface area contributed by atoms with E-state index in [1.54, 1.807) is 11.3 Å². The maximum Gasteiger partial charge on any atom is 0.166 e. The minimum absolute atomic E-state index is 0.684. The summed E-state index contributed by atoms with van der Waals surface area (Å²) in [4.78, 5) is 11.2. The summed E-state index contributed by atoms with van der Waals surface area (Å²) >= 11 is 1.60. The molecule has 100 valence electrons. The predicted molar refractivity (Wildman–Crippen MR) is 83.2 cm³/mol. The van der Waals surface area contributed by atoms with Crippen LogP contribution in [0.3, 0.4) is 0 Å². The molecule has 4 heterocycles. The van der Waals surface area contributed by atoms with Crippen molar-refractivity contribution in [3.05, 3.63) is 35.7 Å². The molecule has 20 heavy (non-hydrogen) atoms. The average molecular weight is 283 g/mol. The Hall–Kier alpha value is -2.18. The number of aryl methyl sites for hydroxylation is 2. The molecule has 4 aromatic rings. The summed E-state index contributed by atoms with van der Waals surface area (Å²) in [5, 5.41) is 1.17. The summed E-state index contributed by atoms with van der Waals surface area (Å²) in [5.74, 6) is 6.26. The molecule has 0 aliphatic rings. The molecule has 0 amide bonds. The summed E-state index contributed by atoms with van der Waals surface area (Å²) in [7, 11) is 0. The van der Waals surface area contributed by atoms with Crippen molar-refractivity contribution >= 4 is 43.2 Å². The van der Waals surface area contributed by atoms with E-state index in [1.165, 1.54) is 10.9 Å². The molecule has 0 aliphatic carbocycles. The van der Waals surface area contributed by atoms with Crippen LogP contribution in [0.5, 0.6) is 0 Å². The van der Waals surface area contributed by atoms with Gasteiger partial charge in [-0.2, -0.15) is 0 Å². The van der Waals surface area contributed by atoms with Gasteiger partial charge in [0.05, 0.1) is 11.0 Å². The molecule has 0 spiro atoms. The summed E-state index contributed by atoms with van der Waals surface area (Å²) in [6.07, 6.45) is 2.03. The van der Waals surface area contributed by atoms with Gasteiger partial charge in [-0.3, -0.25) is 0 Å². The number of thiophene rings is 1. The third kappa shape index (κ3) is 1.40. The van der Waals surface area contributed by atoms with Crippen LogP contribution >= 0.6 is 11.3 Å². The highest BCUT2D eigenvalue weighted by Crippen LogP contribution is 2.36. The lowest BCUT2D eigenvalue weighted by Gasteiger charge is -2.05. The first-order valence-electron chi connectivity index (χ1n) is 6.33. The lowest BCUT2D eigenvalue weighted by molar-refractivity contribution is 1.20. The second-order valence-corrected chi connectivity index (χ2v) is 5.86. The lowest BCUT2D eigenvalue weighted by Crippen LogP contribution is -2.09. The second kappa shape index (κ2) is 3.91. The van der Waals surface area contributed by atoms with Gasteiger partial charge in [0.2, 0.25) is 0 Å². The number of hydrogen-bond donors (Lipinski definition) is 2. The van der Waals surface area contributed by atoms with Crippen molar-refractivity contribution in [3.63, 3.8) is 0 Å². The minimum atomic E-state index is 0.684. The van der Waals surface area contributed by atoms with Crippen molar-refractivity contribution in [1.82, 2.24) is 14.4 Å². The van der Waals surface area contributed by atoms with E-state index in [9.17, 15) is 0 Å². The summed E-state index contributed by atoms with van der Waals surface area (Å²) in [6.45, 7) is 4.13. The first-order chi connectivity index (χ1) is 9.69. The van der Waals surface area contributed by atoms with Gasteiger partial charge in [-0.15, -0.1) is 0 Å². The quantitative estimate of drug-likeness (QED) is 0.416. The molecule has 0 saturated carbocycles. The Morgan fingerprint density at radius 1 is 1.25 bits per heavy atom. The molecule has 0 bridgehead atoms. The fourth-order valence-electron chi connectivity index (χ4n) is 2.74. The molecule has 6 heteroatoms. The Labute approximate surface area is 119 Å². The van der Waals surface area contributed by atoms with Crippen molar-refractivity contribution < 1.29 is 0 Å². The number of nitrogen functional groups attached to an aromatic ring is 1. The number of hydrogen-bond acceptors (Lipinski definition) is 5. The van der Waals surface area contributed by atoms with Gasteiger partial charge in [-0.05, 0) is 37.6 Å². The highest BCUT2D eigenvalue weighted by molar-refractivity contribution is 7.25. The molecule has 0 radical (unpaired) electrons. The maximum atomic E-state index is 5.58. The SMILES string of the molecule is Cc1cc(C)c2c(n1)sc1nc(NN)c3cccn3c12. The van der Waals surface area contributed by atoms with Gasteiger partial charge in [0.15, 0.2) is 5.82 Å². The summed E-state index contributed by atoms with van der Waals surface area (Å²) < 4.78 is 2.13. The number of rotatable bonds is 1. The van der Waals surface area contributed by atoms with E-state index >= 15 is 0 Å². The van der Waals surface area contributed by atoms with Crippen molar-refractivity contribution in [2.45, 2.75) is 13.8 Å². The summed E-state index contributed by atoms with van der Waals surface area (Å²) in [6, 6.07) is 6.11. The van der Waals surface area contributed by atoms with E-state index in [0.29, 0.717) is 5.82 Å². The van der Waals surface area contributed by atoms with E-state index in [-0.39, 0.29) is 0 Å². The van der Waals surface area contributed by atoms with Crippen LogP contribution in [0.1, 0.15) is 11.3 Å². The van der Waals surface area contributed by atoms with Crippen molar-refractivity contribution in [2.75, 3.05) is 5.43 Å². The Kier molecular flexibility index (Phi) is 2.27. The molecule has 0 saturated heterocycles.